The van der Waals surface area contributed by atoms with E-state index in [0.29, 0.717) is 19.3 Å². The fourth-order valence-electron chi connectivity index (χ4n) is 5.02. The number of hydrogen-bond donors (Lipinski definition) is 2. The summed E-state index contributed by atoms with van der Waals surface area (Å²) in [5.41, 5.74) is 5.32. The molecule has 0 rings (SSSR count). The molecule has 290 valence electrons. The van der Waals surface area contributed by atoms with E-state index in [1.165, 1.54) is 44.9 Å². The third kappa shape index (κ3) is 34.4. The molecule has 0 bridgehead atoms. The number of ketones is 1. The fourth-order valence-corrected chi connectivity index (χ4v) is 5.79. The molecule has 0 aromatic carbocycles. The van der Waals surface area contributed by atoms with Crippen LogP contribution in [0.2, 0.25) is 0 Å². The number of hydrogen-bond acceptors (Lipinski definition) is 9. The summed E-state index contributed by atoms with van der Waals surface area (Å²) < 4.78 is 32.6. The van der Waals surface area contributed by atoms with Crippen molar-refractivity contribution in [3.8, 4) is 0 Å². The Labute approximate surface area is 303 Å². The quantitative estimate of drug-likeness (QED) is 0.0159. The number of ether oxygens (including phenoxy) is 2. The smallest absolute Gasteiger partial charge is 0.462 e. The molecule has 0 fully saturated rings. The highest BCUT2D eigenvalue weighted by atomic mass is 31.2. The van der Waals surface area contributed by atoms with Crippen molar-refractivity contribution in [3.05, 3.63) is 36.5 Å². The maximum absolute atomic E-state index is 12.5. The van der Waals surface area contributed by atoms with E-state index in [4.69, 9.17) is 24.3 Å². The predicted octanol–water partition coefficient (Wildman–Crippen LogP) is 9.78. The van der Waals surface area contributed by atoms with Crippen LogP contribution in [0.4, 0.5) is 0 Å². The van der Waals surface area contributed by atoms with Gasteiger partial charge in [0, 0.05) is 25.8 Å². The Kier molecular flexibility index (Phi) is 33.8. The maximum Gasteiger partial charge on any atom is 0.472 e. The van der Waals surface area contributed by atoms with Crippen LogP contribution >= 0.6 is 7.82 Å². The molecule has 1 unspecified atom stereocenters. The Morgan fingerprint density at radius 3 is 1.80 bits per heavy atom. The molecule has 0 aliphatic rings. The lowest BCUT2D eigenvalue weighted by Crippen LogP contribution is -2.29. The van der Waals surface area contributed by atoms with Gasteiger partial charge in [-0.25, -0.2) is 4.57 Å². The average Bonchev–Trinajstić information content (AvgIpc) is 3.09. The molecule has 0 radical (unpaired) electrons. The van der Waals surface area contributed by atoms with Gasteiger partial charge in [0.1, 0.15) is 6.61 Å². The molecule has 11 heteroatoms. The summed E-state index contributed by atoms with van der Waals surface area (Å²) in [6, 6.07) is 0. The first kappa shape index (κ1) is 47.9. The van der Waals surface area contributed by atoms with Crippen molar-refractivity contribution in [2.75, 3.05) is 26.4 Å². The molecule has 0 heterocycles. The molecule has 0 aromatic heterocycles. The lowest BCUT2D eigenvalue weighted by atomic mass is 10.1. The van der Waals surface area contributed by atoms with Crippen LogP contribution in [-0.4, -0.2) is 55.1 Å². The number of esters is 2. The molecule has 0 spiro atoms. The highest BCUT2D eigenvalue weighted by Crippen LogP contribution is 2.43. The third-order valence-electron chi connectivity index (χ3n) is 7.97. The van der Waals surface area contributed by atoms with Crippen molar-refractivity contribution in [2.24, 2.45) is 5.73 Å². The number of carbonyl (C=O) groups excluding carboxylic acids is 3. The molecule has 0 saturated heterocycles. The molecule has 2 atom stereocenters. The van der Waals surface area contributed by atoms with E-state index >= 15 is 0 Å². The minimum atomic E-state index is -4.40. The highest BCUT2D eigenvalue weighted by Gasteiger charge is 2.26. The Bertz CT molecular complexity index is 983. The molecule has 0 aliphatic heterocycles. The van der Waals surface area contributed by atoms with Crippen molar-refractivity contribution in [2.45, 2.75) is 168 Å². The van der Waals surface area contributed by atoms with Crippen molar-refractivity contribution in [1.82, 2.24) is 0 Å². The van der Waals surface area contributed by atoms with Gasteiger partial charge in [0.25, 0.3) is 0 Å². The van der Waals surface area contributed by atoms with Crippen LogP contribution in [0.1, 0.15) is 162 Å². The van der Waals surface area contributed by atoms with Gasteiger partial charge >= 0.3 is 19.8 Å². The monoisotopic (exact) mass is 727 g/mol. The van der Waals surface area contributed by atoms with Crippen LogP contribution in [0.5, 0.6) is 0 Å². The molecule has 3 N–H and O–H groups in total. The minimum Gasteiger partial charge on any atom is -0.462 e. The first-order valence-corrected chi connectivity index (χ1v) is 20.9. The van der Waals surface area contributed by atoms with Crippen LogP contribution < -0.4 is 5.73 Å². The summed E-state index contributed by atoms with van der Waals surface area (Å²) in [6.45, 7) is 3.49. The molecular weight excluding hydrogens is 657 g/mol. The lowest BCUT2D eigenvalue weighted by Gasteiger charge is -2.19. The third-order valence-corrected chi connectivity index (χ3v) is 8.96. The highest BCUT2D eigenvalue weighted by molar-refractivity contribution is 7.47. The van der Waals surface area contributed by atoms with Crippen LogP contribution in [-0.2, 0) is 37.5 Å². The average molecular weight is 728 g/mol. The van der Waals surface area contributed by atoms with Crippen LogP contribution in [0.3, 0.4) is 0 Å². The number of phosphoric acid groups is 1. The van der Waals surface area contributed by atoms with Gasteiger partial charge in [-0.15, -0.1) is 0 Å². The Morgan fingerprint density at radius 1 is 0.640 bits per heavy atom. The summed E-state index contributed by atoms with van der Waals surface area (Å²) in [7, 11) is -4.40. The van der Waals surface area contributed by atoms with Gasteiger partial charge in [0.2, 0.25) is 0 Å². The Hall–Kier alpha value is -2.10. The number of unbranched alkanes of at least 4 members (excludes halogenated alkanes) is 16. The second-order valence-corrected chi connectivity index (χ2v) is 14.3. The molecular formula is C39H70NO9P. The summed E-state index contributed by atoms with van der Waals surface area (Å²) >= 11 is 0. The number of phosphoric ester groups is 1. The van der Waals surface area contributed by atoms with Gasteiger partial charge in [-0.3, -0.25) is 23.4 Å². The summed E-state index contributed by atoms with van der Waals surface area (Å²) in [5.74, 6) is -0.819. The zero-order chi connectivity index (χ0) is 37.0. The zero-order valence-corrected chi connectivity index (χ0v) is 32.3. The molecule has 50 heavy (non-hydrogen) atoms. The van der Waals surface area contributed by atoms with Crippen LogP contribution in [0.25, 0.3) is 0 Å². The van der Waals surface area contributed by atoms with Gasteiger partial charge < -0.3 is 20.1 Å². The molecule has 0 aliphatic carbocycles. The van der Waals surface area contributed by atoms with Gasteiger partial charge in [-0.2, -0.15) is 0 Å². The second-order valence-electron chi connectivity index (χ2n) is 12.8. The number of rotatable bonds is 36. The SMILES string of the molecule is CCCCC/C=C\C=C\C(=O)CCCCCCCC(=O)O[C@H](COC(=O)CCCCCCC/C=C\CCCCCC)COP(=O)(O)OCCN. The number of allylic oxidation sites excluding steroid dienone is 6. The summed E-state index contributed by atoms with van der Waals surface area (Å²) in [5, 5.41) is 0. The van der Waals surface area contributed by atoms with E-state index in [1.54, 1.807) is 6.08 Å². The van der Waals surface area contributed by atoms with E-state index in [-0.39, 0.29) is 38.4 Å². The maximum atomic E-state index is 12.5. The van der Waals surface area contributed by atoms with Crippen molar-refractivity contribution >= 4 is 25.5 Å². The van der Waals surface area contributed by atoms with E-state index in [0.717, 1.165) is 70.6 Å². The minimum absolute atomic E-state index is 0.0321. The summed E-state index contributed by atoms with van der Waals surface area (Å²) in [4.78, 5) is 46.7. The van der Waals surface area contributed by atoms with Crippen molar-refractivity contribution in [3.63, 3.8) is 0 Å². The van der Waals surface area contributed by atoms with E-state index in [1.807, 2.05) is 12.2 Å². The van der Waals surface area contributed by atoms with Gasteiger partial charge in [-0.1, -0.05) is 115 Å². The number of nitrogens with two attached hydrogens (primary N) is 1. The Balaban J connectivity index is 4.33. The van der Waals surface area contributed by atoms with Crippen molar-refractivity contribution in [1.29, 1.82) is 0 Å². The van der Waals surface area contributed by atoms with Gasteiger partial charge in [0.05, 0.1) is 13.2 Å². The topological polar surface area (TPSA) is 151 Å². The van der Waals surface area contributed by atoms with E-state index < -0.39 is 32.5 Å². The van der Waals surface area contributed by atoms with E-state index in [2.05, 4.69) is 32.1 Å². The molecule has 0 aromatic rings. The lowest BCUT2D eigenvalue weighted by molar-refractivity contribution is -0.161. The predicted molar refractivity (Wildman–Crippen MR) is 202 cm³/mol. The van der Waals surface area contributed by atoms with Crippen LogP contribution in [0.15, 0.2) is 36.5 Å². The van der Waals surface area contributed by atoms with Crippen LogP contribution in [0, 0.1) is 0 Å². The van der Waals surface area contributed by atoms with Gasteiger partial charge in [-0.05, 0) is 63.9 Å². The largest absolute Gasteiger partial charge is 0.472 e. The normalized spacial score (nSPS) is 13.7. The first-order valence-electron chi connectivity index (χ1n) is 19.4. The molecule has 0 amide bonds. The van der Waals surface area contributed by atoms with E-state index in [9.17, 15) is 23.8 Å². The first-order chi connectivity index (χ1) is 24.2. The zero-order valence-electron chi connectivity index (χ0n) is 31.4. The fraction of sp³-hybridized carbons (Fsp3) is 0.769. The number of carbonyl (C=O) groups is 3. The Morgan fingerprint density at radius 2 is 1.16 bits per heavy atom. The second kappa shape index (κ2) is 35.3. The standard InChI is InChI=1S/C39H70NO9P/c1-3-5-7-9-11-12-13-14-15-16-18-22-26-30-38(42)46-34-37(35-48-50(44,45)47-33-32-40)49-39(43)31-27-23-19-21-25-29-36(41)28-24-20-17-10-8-6-4-2/h12-13,17,20,24,28,37H,3-11,14-16,18-19,21-23,25-27,29-35,40H2,1-2H3,(H,44,45)/b13-12-,20-17-,28-24+/t37-/m1/s1. The molecule has 10 nitrogen and oxygen atoms in total. The van der Waals surface area contributed by atoms with Crippen molar-refractivity contribution < 1.29 is 42.4 Å². The summed E-state index contributed by atoms with van der Waals surface area (Å²) in [6.07, 6.45) is 32.8. The van der Waals surface area contributed by atoms with Gasteiger partial charge in [0.15, 0.2) is 11.9 Å². The molecule has 0 saturated carbocycles.